The predicted octanol–water partition coefficient (Wildman–Crippen LogP) is 7.37. The van der Waals surface area contributed by atoms with Crippen molar-refractivity contribution in [3.63, 3.8) is 0 Å². The summed E-state index contributed by atoms with van der Waals surface area (Å²) in [6, 6.07) is 9.20. The first-order valence-corrected chi connectivity index (χ1v) is 12.9. The number of benzene rings is 3. The molecule has 7 nitrogen and oxygen atoms in total. The van der Waals surface area contributed by atoms with Crippen LogP contribution in [0.25, 0.3) is 16.8 Å². The van der Waals surface area contributed by atoms with Gasteiger partial charge >= 0.3 is 6.18 Å². The smallest absolute Gasteiger partial charge is 0.341 e. The van der Waals surface area contributed by atoms with Crippen molar-refractivity contribution < 1.29 is 40.3 Å². The highest BCUT2D eigenvalue weighted by Crippen LogP contribution is 2.42. The molecule has 3 heterocycles. The number of rotatable bonds is 5. The summed E-state index contributed by atoms with van der Waals surface area (Å²) in [5.74, 6) is -4.49. The zero-order chi connectivity index (χ0) is 31.5. The number of nitrogens with one attached hydrogen (secondary N) is 2. The largest absolute Gasteiger partial charge is 0.416 e. The average Bonchev–Trinajstić information content (AvgIpc) is 3.54. The van der Waals surface area contributed by atoms with Crippen LogP contribution in [-0.2, 0) is 6.18 Å². The highest BCUT2D eigenvalue weighted by Gasteiger charge is 2.36. The van der Waals surface area contributed by atoms with E-state index in [-0.39, 0.29) is 50.2 Å². The fraction of sp³-hybridized carbons (Fsp3) is 0.103. The molecule has 0 spiro atoms. The highest BCUT2D eigenvalue weighted by atomic mass is 35.5. The Bertz CT molecular complexity index is 1990. The molecule has 0 bridgehead atoms. The number of anilines is 1. The Labute approximate surface area is 247 Å². The molecule has 0 fully saturated rings. The molecule has 3 aromatic carbocycles. The van der Waals surface area contributed by atoms with Crippen molar-refractivity contribution in [1.29, 1.82) is 0 Å². The van der Waals surface area contributed by atoms with Crippen molar-refractivity contribution in [3.05, 3.63) is 117 Å². The molecule has 0 saturated carbocycles. The van der Waals surface area contributed by atoms with Gasteiger partial charge in [0, 0.05) is 39.2 Å². The Balaban J connectivity index is 1.52. The quantitative estimate of drug-likeness (QED) is 0.198. The van der Waals surface area contributed by atoms with Gasteiger partial charge in [0.1, 0.15) is 11.6 Å². The number of hydrogen-bond donors (Lipinski definition) is 2. The van der Waals surface area contributed by atoms with Crippen LogP contribution in [0.1, 0.15) is 55.7 Å². The fourth-order valence-electron chi connectivity index (χ4n) is 4.98. The van der Waals surface area contributed by atoms with Crippen LogP contribution in [0, 0.1) is 11.6 Å². The first kappa shape index (κ1) is 29.1. The van der Waals surface area contributed by atoms with Gasteiger partial charge in [0.05, 0.1) is 11.6 Å². The van der Waals surface area contributed by atoms with Crippen molar-refractivity contribution in [1.82, 2.24) is 19.9 Å². The maximum Gasteiger partial charge on any atom is 0.416 e. The van der Waals surface area contributed by atoms with Gasteiger partial charge in [-0.05, 0) is 71.8 Å². The lowest BCUT2D eigenvalue weighted by Crippen LogP contribution is -2.21. The number of carbonyl (C=O) groups excluding carboxylic acids is 2. The summed E-state index contributed by atoms with van der Waals surface area (Å²) >= 11 is 6.30. The van der Waals surface area contributed by atoms with Gasteiger partial charge in [-0.25, -0.2) is 17.6 Å². The van der Waals surface area contributed by atoms with Crippen molar-refractivity contribution >= 4 is 34.7 Å². The predicted molar refractivity (Wildman–Crippen MR) is 143 cm³/mol. The molecule has 1 atom stereocenters. The summed E-state index contributed by atoms with van der Waals surface area (Å²) in [6.07, 6.45) is -6.64. The topological polar surface area (TPSA) is 88.4 Å². The number of pyridine rings is 1. The number of hydrogen-bond acceptors (Lipinski definition) is 4. The molecular weight excluding hydrogens is 619 g/mol. The average molecular weight is 634 g/mol. The van der Waals surface area contributed by atoms with E-state index in [0.717, 1.165) is 16.5 Å². The molecule has 0 aliphatic carbocycles. The number of halogens is 8. The van der Waals surface area contributed by atoms with Crippen LogP contribution in [0.2, 0.25) is 5.02 Å². The molecule has 2 aromatic heterocycles. The zero-order valence-corrected chi connectivity index (χ0v) is 22.4. The summed E-state index contributed by atoms with van der Waals surface area (Å²) in [5.41, 5.74) is -1.46. The third-order valence-electron chi connectivity index (χ3n) is 6.95. The normalized spacial score (nSPS) is 14.7. The standard InChI is InChI=1S/C29H15ClF7N5O2/c30-20-3-2-16(31)10-18(20)24-23-19(28(44)39-24)7-13(12-1-4-22-40-41-26(25(33)34)42(22)11-12)8-21(23)38-27(43)14-5-15(29(35,36)37)9-17(32)6-14/h1-11,24-25H,(H,38,43)(H,39,44). The Hall–Kier alpha value is -4.98. The SMILES string of the molecule is O=C(Nc1cc(-c2ccc3nnc(C(F)F)n3c2)cc2c1C(c1cc(F)ccc1Cl)NC2=O)c1cc(F)cc(C(F)(F)F)c1. The molecule has 0 saturated heterocycles. The molecule has 6 rings (SSSR count). The number of carbonyl (C=O) groups is 2. The van der Waals surface area contributed by atoms with Gasteiger partial charge in [-0.3, -0.25) is 14.0 Å². The summed E-state index contributed by atoms with van der Waals surface area (Å²) in [7, 11) is 0. The van der Waals surface area contributed by atoms with Gasteiger partial charge in [0.15, 0.2) is 5.65 Å². The third-order valence-corrected chi connectivity index (χ3v) is 7.29. The monoisotopic (exact) mass is 633 g/mol. The first-order chi connectivity index (χ1) is 20.8. The van der Waals surface area contributed by atoms with Gasteiger partial charge in [-0.15, -0.1) is 10.2 Å². The number of nitrogens with zero attached hydrogens (tertiary/aromatic N) is 3. The minimum Gasteiger partial charge on any atom is -0.341 e. The molecule has 44 heavy (non-hydrogen) atoms. The molecule has 224 valence electrons. The molecule has 0 radical (unpaired) electrons. The lowest BCUT2D eigenvalue weighted by molar-refractivity contribution is -0.137. The molecule has 2 amide bonds. The number of amides is 2. The molecule has 1 aliphatic heterocycles. The molecular formula is C29H15ClF7N5O2. The Morgan fingerprint density at radius 2 is 1.73 bits per heavy atom. The second-order valence-corrected chi connectivity index (χ2v) is 10.1. The van der Waals surface area contributed by atoms with Gasteiger partial charge in [-0.2, -0.15) is 13.2 Å². The molecule has 5 aromatic rings. The maximum absolute atomic E-state index is 14.2. The minimum absolute atomic E-state index is 0.0312. The van der Waals surface area contributed by atoms with E-state index in [9.17, 15) is 40.3 Å². The summed E-state index contributed by atoms with van der Waals surface area (Å²) < 4.78 is 96.4. The first-order valence-electron chi connectivity index (χ1n) is 12.6. The van der Waals surface area contributed by atoms with Gasteiger partial charge in [-0.1, -0.05) is 11.6 Å². The highest BCUT2D eigenvalue weighted by molar-refractivity contribution is 6.31. The van der Waals surface area contributed by atoms with E-state index in [1.54, 1.807) is 0 Å². The van der Waals surface area contributed by atoms with Crippen LogP contribution in [0.3, 0.4) is 0 Å². The van der Waals surface area contributed by atoms with Crippen LogP contribution in [0.4, 0.5) is 36.4 Å². The molecule has 15 heteroatoms. The second-order valence-electron chi connectivity index (χ2n) is 9.74. The van der Waals surface area contributed by atoms with E-state index in [1.165, 1.54) is 36.5 Å². The molecule has 1 unspecified atom stereocenters. The Kier molecular flexibility index (Phi) is 7.03. The fourth-order valence-corrected chi connectivity index (χ4v) is 5.21. The lowest BCUT2D eigenvalue weighted by atomic mass is 9.93. The lowest BCUT2D eigenvalue weighted by Gasteiger charge is -2.19. The van der Waals surface area contributed by atoms with Crippen LogP contribution in [0.5, 0.6) is 0 Å². The summed E-state index contributed by atoms with van der Waals surface area (Å²) in [5, 5.41) is 12.3. The van der Waals surface area contributed by atoms with Crippen LogP contribution < -0.4 is 10.6 Å². The van der Waals surface area contributed by atoms with Crippen LogP contribution in [-0.4, -0.2) is 26.4 Å². The Morgan fingerprint density at radius 1 is 0.955 bits per heavy atom. The van der Waals surface area contributed by atoms with E-state index < -0.39 is 59.0 Å². The summed E-state index contributed by atoms with van der Waals surface area (Å²) in [6.45, 7) is 0. The van der Waals surface area contributed by atoms with Crippen LogP contribution in [0.15, 0.2) is 66.9 Å². The van der Waals surface area contributed by atoms with Crippen molar-refractivity contribution in [2.75, 3.05) is 5.32 Å². The van der Waals surface area contributed by atoms with E-state index in [1.807, 2.05) is 0 Å². The number of fused-ring (bicyclic) bond motifs is 2. The van der Waals surface area contributed by atoms with Crippen LogP contribution >= 0.6 is 11.6 Å². The molecule has 1 aliphatic rings. The summed E-state index contributed by atoms with van der Waals surface area (Å²) in [4.78, 5) is 26.4. The number of alkyl halides is 5. The van der Waals surface area contributed by atoms with Crippen molar-refractivity contribution in [3.8, 4) is 11.1 Å². The van der Waals surface area contributed by atoms with E-state index in [4.69, 9.17) is 11.6 Å². The Morgan fingerprint density at radius 3 is 2.45 bits per heavy atom. The zero-order valence-electron chi connectivity index (χ0n) is 21.7. The third kappa shape index (κ3) is 5.21. The van der Waals surface area contributed by atoms with Gasteiger partial charge < -0.3 is 10.6 Å². The molecule has 2 N–H and O–H groups in total. The van der Waals surface area contributed by atoms with Gasteiger partial charge in [0.2, 0.25) is 5.82 Å². The van der Waals surface area contributed by atoms with E-state index in [2.05, 4.69) is 20.8 Å². The van der Waals surface area contributed by atoms with Crippen molar-refractivity contribution in [2.24, 2.45) is 0 Å². The second kappa shape index (κ2) is 10.6. The van der Waals surface area contributed by atoms with E-state index >= 15 is 0 Å². The number of aromatic nitrogens is 3. The van der Waals surface area contributed by atoms with Gasteiger partial charge in [0.25, 0.3) is 18.2 Å². The minimum atomic E-state index is -4.95. The van der Waals surface area contributed by atoms with Crippen molar-refractivity contribution in [2.45, 2.75) is 18.6 Å². The van der Waals surface area contributed by atoms with E-state index in [0.29, 0.717) is 12.1 Å². The maximum atomic E-state index is 14.2.